The Morgan fingerprint density at radius 3 is 2.40 bits per heavy atom. The van der Waals surface area contributed by atoms with Crippen LogP contribution in [0.5, 0.6) is 0 Å². The predicted molar refractivity (Wildman–Crippen MR) is 105 cm³/mol. The average molecular weight is 352 g/mol. The van der Waals surface area contributed by atoms with Crippen LogP contribution in [0.4, 0.5) is 5.69 Å². The van der Waals surface area contributed by atoms with E-state index in [4.69, 9.17) is 12.2 Å². The third kappa shape index (κ3) is 4.03. The number of amides is 1. The molecule has 0 bridgehead atoms. The summed E-state index contributed by atoms with van der Waals surface area (Å²) in [6, 6.07) is 15.6. The normalized spacial score (nSPS) is 11.3. The average Bonchev–Trinajstić information content (AvgIpc) is 2.98. The Morgan fingerprint density at radius 1 is 1.08 bits per heavy atom. The van der Waals surface area contributed by atoms with E-state index in [1.807, 2.05) is 69.3 Å². The number of aromatic nitrogens is 2. The van der Waals surface area contributed by atoms with E-state index in [2.05, 4.69) is 20.6 Å². The molecular formula is C19H20N4OS. The van der Waals surface area contributed by atoms with Crippen LogP contribution in [-0.4, -0.2) is 21.0 Å². The summed E-state index contributed by atoms with van der Waals surface area (Å²) in [5, 5.41) is 6.00. The lowest BCUT2D eigenvalue weighted by molar-refractivity contribution is -0.126. The lowest BCUT2D eigenvalue weighted by atomic mass is 9.96. The van der Waals surface area contributed by atoms with Gasteiger partial charge in [-0.25, -0.2) is 4.98 Å². The Labute approximate surface area is 151 Å². The molecule has 3 rings (SSSR count). The number of carbonyl (C=O) groups excluding carboxylic acids is 1. The molecule has 0 radical (unpaired) electrons. The molecule has 1 amide bonds. The number of carbonyl (C=O) groups is 1. The molecule has 25 heavy (non-hydrogen) atoms. The van der Waals surface area contributed by atoms with Crippen LogP contribution in [-0.2, 0) is 4.79 Å². The van der Waals surface area contributed by atoms with Gasteiger partial charge >= 0.3 is 0 Å². The van der Waals surface area contributed by atoms with Gasteiger partial charge < -0.3 is 15.6 Å². The second-order valence-electron chi connectivity index (χ2n) is 6.84. The molecule has 3 aromatic rings. The van der Waals surface area contributed by atoms with E-state index in [0.717, 1.165) is 28.1 Å². The third-order valence-electron chi connectivity index (χ3n) is 3.71. The highest BCUT2D eigenvalue weighted by molar-refractivity contribution is 7.80. The number of H-pyrrole nitrogens is 1. The highest BCUT2D eigenvalue weighted by Crippen LogP contribution is 2.22. The van der Waals surface area contributed by atoms with Crippen molar-refractivity contribution in [2.75, 3.05) is 5.32 Å². The van der Waals surface area contributed by atoms with Gasteiger partial charge in [-0.3, -0.25) is 4.79 Å². The quantitative estimate of drug-likeness (QED) is 0.608. The van der Waals surface area contributed by atoms with Gasteiger partial charge in [-0.15, -0.1) is 0 Å². The number of fused-ring (bicyclic) bond motifs is 1. The monoisotopic (exact) mass is 352 g/mol. The fourth-order valence-electron chi connectivity index (χ4n) is 2.25. The summed E-state index contributed by atoms with van der Waals surface area (Å²) in [5.41, 5.74) is 3.23. The molecule has 0 saturated carbocycles. The highest BCUT2D eigenvalue weighted by Gasteiger charge is 2.21. The Hall–Kier alpha value is -2.73. The maximum Gasteiger partial charge on any atom is 0.231 e. The van der Waals surface area contributed by atoms with Crippen molar-refractivity contribution in [3.8, 4) is 11.4 Å². The summed E-state index contributed by atoms with van der Waals surface area (Å²) in [4.78, 5) is 19.8. The molecule has 0 atom stereocenters. The standard InChI is InChI=1S/C19H20N4OS/c1-19(2,3)17(24)23-18(25)20-13-10-8-12(9-11-13)16-21-14-6-4-5-7-15(14)22-16/h4-11H,1-3H3,(H,21,22)(H2,20,23,24,25). The van der Waals surface area contributed by atoms with E-state index < -0.39 is 5.41 Å². The summed E-state index contributed by atoms with van der Waals surface area (Å²) in [6.07, 6.45) is 0. The molecule has 128 valence electrons. The summed E-state index contributed by atoms with van der Waals surface area (Å²) in [7, 11) is 0. The number of aromatic amines is 1. The van der Waals surface area contributed by atoms with Crippen LogP contribution in [0.15, 0.2) is 48.5 Å². The van der Waals surface area contributed by atoms with Crippen molar-refractivity contribution < 1.29 is 4.79 Å². The van der Waals surface area contributed by atoms with E-state index in [1.165, 1.54) is 0 Å². The van der Waals surface area contributed by atoms with Gasteiger partial charge in [-0.2, -0.15) is 0 Å². The summed E-state index contributed by atoms with van der Waals surface area (Å²) >= 11 is 5.19. The molecule has 0 aliphatic rings. The van der Waals surface area contributed by atoms with E-state index in [9.17, 15) is 4.79 Å². The van der Waals surface area contributed by atoms with E-state index in [0.29, 0.717) is 0 Å². The number of rotatable bonds is 2. The van der Waals surface area contributed by atoms with Crippen LogP contribution in [0.2, 0.25) is 0 Å². The Morgan fingerprint density at radius 2 is 1.76 bits per heavy atom. The molecule has 1 heterocycles. The number of para-hydroxylation sites is 2. The van der Waals surface area contributed by atoms with Crippen molar-refractivity contribution in [2.24, 2.45) is 5.41 Å². The molecule has 1 aromatic heterocycles. The molecule has 0 spiro atoms. The topological polar surface area (TPSA) is 69.8 Å². The van der Waals surface area contributed by atoms with Crippen LogP contribution in [0.25, 0.3) is 22.4 Å². The minimum Gasteiger partial charge on any atom is -0.338 e. The van der Waals surface area contributed by atoms with Gasteiger partial charge in [-0.05, 0) is 48.6 Å². The molecule has 0 aliphatic heterocycles. The van der Waals surface area contributed by atoms with Crippen LogP contribution in [0, 0.1) is 5.41 Å². The van der Waals surface area contributed by atoms with Crippen LogP contribution >= 0.6 is 12.2 Å². The van der Waals surface area contributed by atoms with Crippen LogP contribution < -0.4 is 10.6 Å². The minimum absolute atomic E-state index is 0.121. The van der Waals surface area contributed by atoms with Crippen molar-refractivity contribution >= 4 is 40.0 Å². The Balaban J connectivity index is 1.70. The fraction of sp³-hybridized carbons (Fsp3) is 0.211. The molecule has 0 unspecified atom stereocenters. The SMILES string of the molecule is CC(C)(C)C(=O)NC(=S)Nc1ccc(-c2nc3ccccc3[nH]2)cc1. The molecule has 6 heteroatoms. The summed E-state index contributed by atoms with van der Waals surface area (Å²) in [6.45, 7) is 5.52. The van der Waals surface area contributed by atoms with Crippen molar-refractivity contribution in [3.05, 3.63) is 48.5 Å². The van der Waals surface area contributed by atoms with E-state index in [1.54, 1.807) is 0 Å². The molecular weight excluding hydrogens is 332 g/mol. The van der Waals surface area contributed by atoms with Crippen molar-refractivity contribution in [1.29, 1.82) is 0 Å². The number of imidazole rings is 1. The maximum absolute atomic E-state index is 11.9. The largest absolute Gasteiger partial charge is 0.338 e. The van der Waals surface area contributed by atoms with Gasteiger partial charge in [-0.1, -0.05) is 32.9 Å². The fourth-order valence-corrected chi connectivity index (χ4v) is 2.46. The molecule has 5 nitrogen and oxygen atoms in total. The molecule has 2 aromatic carbocycles. The van der Waals surface area contributed by atoms with Gasteiger partial charge in [0.05, 0.1) is 11.0 Å². The zero-order valence-electron chi connectivity index (χ0n) is 14.4. The number of hydrogen-bond donors (Lipinski definition) is 3. The van der Waals surface area contributed by atoms with Gasteiger partial charge in [0.1, 0.15) is 5.82 Å². The van der Waals surface area contributed by atoms with Crippen molar-refractivity contribution in [2.45, 2.75) is 20.8 Å². The Bertz CT molecular complexity index is 889. The van der Waals surface area contributed by atoms with Crippen LogP contribution in [0.3, 0.4) is 0 Å². The smallest absolute Gasteiger partial charge is 0.231 e. The maximum atomic E-state index is 11.9. The number of nitrogens with one attached hydrogen (secondary N) is 3. The number of nitrogens with zero attached hydrogens (tertiary/aromatic N) is 1. The summed E-state index contributed by atoms with van der Waals surface area (Å²) in [5.74, 6) is 0.695. The number of hydrogen-bond acceptors (Lipinski definition) is 3. The van der Waals surface area contributed by atoms with Gasteiger partial charge in [0.2, 0.25) is 5.91 Å². The van der Waals surface area contributed by atoms with Gasteiger partial charge in [0.15, 0.2) is 5.11 Å². The first-order chi connectivity index (χ1) is 11.8. The summed E-state index contributed by atoms with van der Waals surface area (Å²) < 4.78 is 0. The predicted octanol–water partition coefficient (Wildman–Crippen LogP) is 4.09. The lowest BCUT2D eigenvalue weighted by Gasteiger charge is -2.18. The molecule has 0 aliphatic carbocycles. The molecule has 0 saturated heterocycles. The van der Waals surface area contributed by atoms with Gasteiger partial charge in [0, 0.05) is 16.7 Å². The first-order valence-electron chi connectivity index (χ1n) is 8.00. The molecule has 3 N–H and O–H groups in total. The zero-order chi connectivity index (χ0) is 18.0. The van der Waals surface area contributed by atoms with Crippen molar-refractivity contribution in [3.63, 3.8) is 0 Å². The highest BCUT2D eigenvalue weighted by atomic mass is 32.1. The lowest BCUT2D eigenvalue weighted by Crippen LogP contribution is -2.41. The van der Waals surface area contributed by atoms with E-state index >= 15 is 0 Å². The van der Waals surface area contributed by atoms with Crippen molar-refractivity contribution in [1.82, 2.24) is 15.3 Å². The second kappa shape index (κ2) is 6.64. The Kier molecular flexibility index (Phi) is 4.55. The number of benzene rings is 2. The molecule has 0 fully saturated rings. The van der Waals surface area contributed by atoms with Crippen LogP contribution in [0.1, 0.15) is 20.8 Å². The first kappa shape index (κ1) is 17.1. The second-order valence-corrected chi connectivity index (χ2v) is 7.25. The third-order valence-corrected chi connectivity index (χ3v) is 3.92. The zero-order valence-corrected chi connectivity index (χ0v) is 15.2. The van der Waals surface area contributed by atoms with E-state index in [-0.39, 0.29) is 11.0 Å². The first-order valence-corrected chi connectivity index (χ1v) is 8.41. The number of anilines is 1. The number of thiocarbonyl (C=S) groups is 1. The minimum atomic E-state index is -0.489. The van der Waals surface area contributed by atoms with Gasteiger partial charge in [0.25, 0.3) is 0 Å².